The molecule has 0 bridgehead atoms. The fraction of sp³-hybridized carbons (Fsp3) is 0.250. The normalized spacial score (nSPS) is 12.2. The predicted octanol–water partition coefficient (Wildman–Crippen LogP) is 4.96. The number of amides is 1. The van der Waals surface area contributed by atoms with Gasteiger partial charge in [-0.25, -0.2) is 4.39 Å². The minimum Gasteiger partial charge on any atom is -0.340 e. The zero-order valence-corrected chi connectivity index (χ0v) is 15.9. The maximum Gasteiger partial charge on any atom is 0.252 e. The SMILES string of the molecule is Cc1ccc(-c2noc([C@@H](NC(=O)c3cccc(F)c3)C(C)C)n2)cc1Cl. The van der Waals surface area contributed by atoms with Gasteiger partial charge in [-0.05, 0) is 42.7 Å². The standard InChI is InChI=1S/C20H19ClFN3O2/c1-11(2)17(23-19(26)14-5-4-6-15(22)9-14)20-24-18(25-27-20)13-8-7-12(3)16(21)10-13/h4-11,17H,1-3H3,(H,23,26)/t17-/m0/s1. The highest BCUT2D eigenvalue weighted by molar-refractivity contribution is 6.31. The van der Waals surface area contributed by atoms with Crippen molar-refractivity contribution in [3.8, 4) is 11.4 Å². The molecule has 3 aromatic rings. The Bertz CT molecular complexity index is 971. The van der Waals surface area contributed by atoms with Crippen LogP contribution in [0.15, 0.2) is 47.0 Å². The number of carbonyl (C=O) groups excluding carboxylic acids is 1. The molecule has 27 heavy (non-hydrogen) atoms. The number of hydrogen-bond donors (Lipinski definition) is 1. The van der Waals surface area contributed by atoms with E-state index in [1.807, 2.05) is 32.9 Å². The Kier molecular flexibility index (Phi) is 5.56. The molecule has 2 aromatic carbocycles. The number of carbonyl (C=O) groups is 1. The van der Waals surface area contributed by atoms with Gasteiger partial charge in [0.2, 0.25) is 11.7 Å². The van der Waals surface area contributed by atoms with Crippen LogP contribution < -0.4 is 5.32 Å². The number of aryl methyl sites for hydroxylation is 1. The molecular formula is C20H19ClFN3O2. The van der Waals surface area contributed by atoms with Crippen LogP contribution in [0.1, 0.15) is 41.7 Å². The van der Waals surface area contributed by atoms with Gasteiger partial charge in [0.1, 0.15) is 11.9 Å². The molecule has 0 saturated heterocycles. The van der Waals surface area contributed by atoms with E-state index in [0.717, 1.165) is 11.1 Å². The van der Waals surface area contributed by atoms with E-state index in [2.05, 4.69) is 15.5 Å². The van der Waals surface area contributed by atoms with Crippen LogP contribution in [-0.2, 0) is 0 Å². The van der Waals surface area contributed by atoms with E-state index in [4.69, 9.17) is 16.1 Å². The number of rotatable bonds is 5. The summed E-state index contributed by atoms with van der Waals surface area (Å²) >= 11 is 6.16. The van der Waals surface area contributed by atoms with E-state index in [1.54, 1.807) is 12.1 Å². The van der Waals surface area contributed by atoms with Crippen molar-refractivity contribution in [2.75, 3.05) is 0 Å². The van der Waals surface area contributed by atoms with Gasteiger partial charge in [-0.2, -0.15) is 4.98 Å². The van der Waals surface area contributed by atoms with Crippen LogP contribution in [0.25, 0.3) is 11.4 Å². The Morgan fingerprint density at radius 1 is 1.22 bits per heavy atom. The Morgan fingerprint density at radius 2 is 2.00 bits per heavy atom. The lowest BCUT2D eigenvalue weighted by Gasteiger charge is -2.18. The lowest BCUT2D eigenvalue weighted by Crippen LogP contribution is -2.32. The molecule has 1 amide bonds. The molecule has 0 spiro atoms. The number of halogens is 2. The molecule has 0 saturated carbocycles. The van der Waals surface area contributed by atoms with Crippen molar-refractivity contribution in [3.05, 3.63) is 70.3 Å². The minimum absolute atomic E-state index is 0.0163. The molecule has 0 aliphatic carbocycles. The summed E-state index contributed by atoms with van der Waals surface area (Å²) < 4.78 is 18.7. The van der Waals surface area contributed by atoms with Gasteiger partial charge in [0.05, 0.1) is 0 Å². The van der Waals surface area contributed by atoms with E-state index in [9.17, 15) is 9.18 Å². The van der Waals surface area contributed by atoms with Gasteiger partial charge in [0.25, 0.3) is 5.91 Å². The largest absolute Gasteiger partial charge is 0.340 e. The summed E-state index contributed by atoms with van der Waals surface area (Å²) in [5.74, 6) is -0.233. The second-order valence-corrected chi connectivity index (χ2v) is 7.03. The number of benzene rings is 2. The van der Waals surface area contributed by atoms with Gasteiger partial charge >= 0.3 is 0 Å². The van der Waals surface area contributed by atoms with Crippen LogP contribution in [0.2, 0.25) is 5.02 Å². The third-order valence-corrected chi connectivity index (χ3v) is 4.59. The van der Waals surface area contributed by atoms with Crippen molar-refractivity contribution >= 4 is 17.5 Å². The Labute approximate surface area is 161 Å². The molecule has 0 fully saturated rings. The van der Waals surface area contributed by atoms with Gasteiger partial charge < -0.3 is 9.84 Å². The number of hydrogen-bond acceptors (Lipinski definition) is 4. The highest BCUT2D eigenvalue weighted by atomic mass is 35.5. The Balaban J connectivity index is 1.84. The lowest BCUT2D eigenvalue weighted by atomic mass is 10.0. The van der Waals surface area contributed by atoms with E-state index in [1.165, 1.54) is 18.2 Å². The van der Waals surface area contributed by atoms with Crippen molar-refractivity contribution in [1.29, 1.82) is 0 Å². The third-order valence-electron chi connectivity index (χ3n) is 4.18. The van der Waals surface area contributed by atoms with Crippen LogP contribution in [0.4, 0.5) is 4.39 Å². The molecule has 1 heterocycles. The first-order chi connectivity index (χ1) is 12.8. The Hall–Kier alpha value is -2.73. The van der Waals surface area contributed by atoms with Gasteiger partial charge in [0, 0.05) is 16.1 Å². The number of nitrogens with one attached hydrogen (secondary N) is 1. The summed E-state index contributed by atoms with van der Waals surface area (Å²) in [5.41, 5.74) is 1.90. The van der Waals surface area contributed by atoms with Crippen molar-refractivity contribution in [2.24, 2.45) is 5.92 Å². The maximum absolute atomic E-state index is 13.4. The Morgan fingerprint density at radius 3 is 2.67 bits per heavy atom. The molecular weight excluding hydrogens is 369 g/mol. The smallest absolute Gasteiger partial charge is 0.252 e. The van der Waals surface area contributed by atoms with Crippen LogP contribution in [-0.4, -0.2) is 16.0 Å². The maximum atomic E-state index is 13.4. The molecule has 1 aromatic heterocycles. The molecule has 140 valence electrons. The van der Waals surface area contributed by atoms with Gasteiger partial charge in [-0.1, -0.05) is 48.8 Å². The van der Waals surface area contributed by atoms with Crippen molar-refractivity contribution in [2.45, 2.75) is 26.8 Å². The molecule has 5 nitrogen and oxygen atoms in total. The van der Waals surface area contributed by atoms with Crippen molar-refractivity contribution in [1.82, 2.24) is 15.5 Å². The first kappa shape index (κ1) is 19.0. The van der Waals surface area contributed by atoms with E-state index >= 15 is 0 Å². The van der Waals surface area contributed by atoms with E-state index < -0.39 is 17.8 Å². The fourth-order valence-electron chi connectivity index (χ4n) is 2.58. The average molecular weight is 388 g/mol. The van der Waals surface area contributed by atoms with Crippen LogP contribution in [0.5, 0.6) is 0 Å². The lowest BCUT2D eigenvalue weighted by molar-refractivity contribution is 0.0913. The quantitative estimate of drug-likeness (QED) is 0.671. The topological polar surface area (TPSA) is 68.0 Å². The fourth-order valence-corrected chi connectivity index (χ4v) is 2.76. The molecule has 0 aliphatic heterocycles. The molecule has 3 rings (SSSR count). The summed E-state index contributed by atoms with van der Waals surface area (Å²) in [5, 5.41) is 7.44. The van der Waals surface area contributed by atoms with E-state index in [-0.39, 0.29) is 17.4 Å². The highest BCUT2D eigenvalue weighted by Crippen LogP contribution is 2.26. The summed E-state index contributed by atoms with van der Waals surface area (Å²) in [6.07, 6.45) is 0. The summed E-state index contributed by atoms with van der Waals surface area (Å²) in [6, 6.07) is 10.5. The molecule has 1 N–H and O–H groups in total. The van der Waals surface area contributed by atoms with Gasteiger partial charge in [-0.3, -0.25) is 4.79 Å². The zero-order valence-electron chi connectivity index (χ0n) is 15.2. The molecule has 7 heteroatoms. The molecule has 0 radical (unpaired) electrons. The monoisotopic (exact) mass is 387 g/mol. The third kappa shape index (κ3) is 4.34. The van der Waals surface area contributed by atoms with Crippen LogP contribution in [0, 0.1) is 18.7 Å². The molecule has 1 atom stereocenters. The first-order valence-electron chi connectivity index (χ1n) is 8.51. The summed E-state index contributed by atoms with van der Waals surface area (Å²) in [4.78, 5) is 16.9. The molecule has 0 aliphatic rings. The van der Waals surface area contributed by atoms with E-state index in [0.29, 0.717) is 10.8 Å². The predicted molar refractivity (Wildman–Crippen MR) is 101 cm³/mol. The number of aromatic nitrogens is 2. The number of nitrogens with zero attached hydrogens (tertiary/aromatic N) is 2. The van der Waals surface area contributed by atoms with Gasteiger partial charge in [0.15, 0.2) is 0 Å². The average Bonchev–Trinajstić information content (AvgIpc) is 3.11. The molecule has 0 unspecified atom stereocenters. The summed E-state index contributed by atoms with van der Waals surface area (Å²) in [7, 11) is 0. The van der Waals surface area contributed by atoms with Crippen LogP contribution in [0.3, 0.4) is 0 Å². The zero-order chi connectivity index (χ0) is 19.6. The summed E-state index contributed by atoms with van der Waals surface area (Å²) in [6.45, 7) is 5.75. The minimum atomic E-state index is -0.511. The second kappa shape index (κ2) is 7.88. The first-order valence-corrected chi connectivity index (χ1v) is 8.89. The van der Waals surface area contributed by atoms with Gasteiger partial charge in [-0.15, -0.1) is 0 Å². The second-order valence-electron chi connectivity index (χ2n) is 6.63. The van der Waals surface area contributed by atoms with Crippen molar-refractivity contribution < 1.29 is 13.7 Å². The van der Waals surface area contributed by atoms with Crippen molar-refractivity contribution in [3.63, 3.8) is 0 Å². The van der Waals surface area contributed by atoms with Crippen LogP contribution >= 0.6 is 11.6 Å². The highest BCUT2D eigenvalue weighted by Gasteiger charge is 2.25.